The highest BCUT2D eigenvalue weighted by molar-refractivity contribution is 7.09. The molecular weight excluding hydrogens is 360 g/mol. The van der Waals surface area contributed by atoms with Gasteiger partial charge in [0.15, 0.2) is 5.65 Å². The predicted octanol–water partition coefficient (Wildman–Crippen LogP) is 2.74. The van der Waals surface area contributed by atoms with E-state index in [9.17, 15) is 4.79 Å². The van der Waals surface area contributed by atoms with Gasteiger partial charge in [0.05, 0.1) is 22.6 Å². The SMILES string of the molecule is Cc1nc(CN2CCN(C(=O)c3cnc4c(c3)ncn4C(C)C)CC2)cs1. The van der Waals surface area contributed by atoms with E-state index in [0.717, 1.165) is 54.6 Å². The van der Waals surface area contributed by atoms with Crippen LogP contribution < -0.4 is 0 Å². The van der Waals surface area contributed by atoms with Crippen molar-refractivity contribution >= 4 is 28.4 Å². The molecule has 3 aromatic heterocycles. The summed E-state index contributed by atoms with van der Waals surface area (Å²) in [7, 11) is 0. The maximum absolute atomic E-state index is 12.9. The molecule has 8 heteroatoms. The molecule has 1 amide bonds. The summed E-state index contributed by atoms with van der Waals surface area (Å²) in [6.07, 6.45) is 3.46. The van der Waals surface area contributed by atoms with Crippen LogP contribution in [0.15, 0.2) is 24.0 Å². The maximum atomic E-state index is 12.9. The van der Waals surface area contributed by atoms with Gasteiger partial charge in [-0.3, -0.25) is 9.69 Å². The van der Waals surface area contributed by atoms with E-state index in [4.69, 9.17) is 0 Å². The fourth-order valence-corrected chi connectivity index (χ4v) is 4.02. The van der Waals surface area contributed by atoms with Gasteiger partial charge in [-0.15, -0.1) is 11.3 Å². The van der Waals surface area contributed by atoms with Gasteiger partial charge in [-0.05, 0) is 26.8 Å². The molecule has 7 nitrogen and oxygen atoms in total. The van der Waals surface area contributed by atoms with Gasteiger partial charge in [-0.25, -0.2) is 15.0 Å². The largest absolute Gasteiger partial charge is 0.336 e. The maximum Gasteiger partial charge on any atom is 0.255 e. The second kappa shape index (κ2) is 7.36. The lowest BCUT2D eigenvalue weighted by molar-refractivity contribution is 0.0627. The number of carbonyl (C=O) groups is 1. The fourth-order valence-electron chi connectivity index (χ4n) is 3.42. The molecule has 1 aliphatic heterocycles. The number of aryl methyl sites for hydroxylation is 1. The quantitative estimate of drug-likeness (QED) is 0.692. The normalized spacial score (nSPS) is 15.8. The number of piperazine rings is 1. The van der Waals surface area contributed by atoms with E-state index in [1.165, 1.54) is 0 Å². The molecule has 1 fully saturated rings. The molecule has 0 aliphatic carbocycles. The molecule has 0 N–H and O–H groups in total. The first-order chi connectivity index (χ1) is 13.0. The number of thiazole rings is 1. The van der Waals surface area contributed by atoms with Crippen molar-refractivity contribution in [1.29, 1.82) is 0 Å². The molecule has 1 aliphatic rings. The van der Waals surface area contributed by atoms with Crippen molar-refractivity contribution in [2.75, 3.05) is 26.2 Å². The molecule has 0 saturated carbocycles. The summed E-state index contributed by atoms with van der Waals surface area (Å²) in [4.78, 5) is 30.6. The Kier molecular flexibility index (Phi) is 4.92. The summed E-state index contributed by atoms with van der Waals surface area (Å²) < 4.78 is 2.02. The van der Waals surface area contributed by atoms with E-state index in [1.54, 1.807) is 23.9 Å². The Labute approximate surface area is 162 Å². The number of rotatable bonds is 4. The van der Waals surface area contributed by atoms with Gasteiger partial charge < -0.3 is 9.47 Å². The molecule has 27 heavy (non-hydrogen) atoms. The highest BCUT2D eigenvalue weighted by atomic mass is 32.1. The van der Waals surface area contributed by atoms with Crippen molar-refractivity contribution in [3.05, 3.63) is 40.2 Å². The van der Waals surface area contributed by atoms with E-state index < -0.39 is 0 Å². The summed E-state index contributed by atoms with van der Waals surface area (Å²) in [5.74, 6) is 0.0349. The number of pyridine rings is 1. The third-order valence-electron chi connectivity index (χ3n) is 4.93. The van der Waals surface area contributed by atoms with Crippen molar-refractivity contribution in [2.24, 2.45) is 0 Å². The second-order valence-corrected chi connectivity index (χ2v) is 8.30. The number of hydrogen-bond acceptors (Lipinski definition) is 6. The van der Waals surface area contributed by atoms with Crippen LogP contribution in [0.5, 0.6) is 0 Å². The van der Waals surface area contributed by atoms with E-state index in [0.29, 0.717) is 11.6 Å². The molecule has 4 rings (SSSR count). The lowest BCUT2D eigenvalue weighted by atomic mass is 10.2. The Balaban J connectivity index is 1.41. The molecule has 0 unspecified atom stereocenters. The number of carbonyl (C=O) groups excluding carboxylic acids is 1. The highest BCUT2D eigenvalue weighted by Gasteiger charge is 2.23. The predicted molar refractivity (Wildman–Crippen MR) is 106 cm³/mol. The Morgan fingerprint density at radius 1 is 1.22 bits per heavy atom. The Morgan fingerprint density at radius 3 is 2.67 bits per heavy atom. The highest BCUT2D eigenvalue weighted by Crippen LogP contribution is 2.18. The van der Waals surface area contributed by atoms with E-state index >= 15 is 0 Å². The number of imidazole rings is 1. The Hall–Kier alpha value is -2.32. The van der Waals surface area contributed by atoms with Gasteiger partial charge in [-0.2, -0.15) is 0 Å². The number of nitrogens with zero attached hydrogens (tertiary/aromatic N) is 6. The number of aromatic nitrogens is 4. The number of fused-ring (bicyclic) bond motifs is 1. The van der Waals surface area contributed by atoms with Gasteiger partial charge >= 0.3 is 0 Å². The second-order valence-electron chi connectivity index (χ2n) is 7.24. The van der Waals surface area contributed by atoms with E-state index in [2.05, 4.69) is 39.1 Å². The molecule has 3 aromatic rings. The van der Waals surface area contributed by atoms with Crippen LogP contribution >= 0.6 is 11.3 Å². The zero-order chi connectivity index (χ0) is 19.0. The van der Waals surface area contributed by atoms with Crippen LogP contribution in [0.4, 0.5) is 0 Å². The molecule has 142 valence electrons. The zero-order valence-corrected chi connectivity index (χ0v) is 16.7. The molecule has 0 aromatic carbocycles. The van der Waals surface area contributed by atoms with Crippen LogP contribution in [0.3, 0.4) is 0 Å². The van der Waals surface area contributed by atoms with Crippen LogP contribution in [0.2, 0.25) is 0 Å². The fraction of sp³-hybridized carbons (Fsp3) is 0.474. The van der Waals surface area contributed by atoms with Gasteiger partial charge in [0, 0.05) is 50.3 Å². The lowest BCUT2D eigenvalue weighted by Gasteiger charge is -2.34. The van der Waals surface area contributed by atoms with E-state index in [-0.39, 0.29) is 5.91 Å². The molecule has 0 atom stereocenters. The van der Waals surface area contributed by atoms with Crippen molar-refractivity contribution in [3.63, 3.8) is 0 Å². The summed E-state index contributed by atoms with van der Waals surface area (Å²) >= 11 is 1.68. The minimum Gasteiger partial charge on any atom is -0.336 e. The van der Waals surface area contributed by atoms with Gasteiger partial charge in [0.2, 0.25) is 0 Å². The van der Waals surface area contributed by atoms with Crippen molar-refractivity contribution in [3.8, 4) is 0 Å². The summed E-state index contributed by atoms with van der Waals surface area (Å²) in [5, 5.41) is 3.21. The van der Waals surface area contributed by atoms with Crippen LogP contribution in [-0.2, 0) is 6.54 Å². The van der Waals surface area contributed by atoms with Crippen LogP contribution in [0.25, 0.3) is 11.2 Å². The van der Waals surface area contributed by atoms with Crippen LogP contribution in [0.1, 0.15) is 40.9 Å². The van der Waals surface area contributed by atoms with E-state index in [1.807, 2.05) is 22.5 Å². The minimum atomic E-state index is 0.0349. The monoisotopic (exact) mass is 384 g/mol. The third-order valence-corrected chi connectivity index (χ3v) is 5.75. The zero-order valence-electron chi connectivity index (χ0n) is 15.9. The molecule has 0 spiro atoms. The van der Waals surface area contributed by atoms with Gasteiger partial charge in [0.25, 0.3) is 5.91 Å². The molecule has 0 radical (unpaired) electrons. The van der Waals surface area contributed by atoms with Crippen molar-refractivity contribution in [1.82, 2.24) is 29.3 Å². The van der Waals surface area contributed by atoms with Gasteiger partial charge in [0.1, 0.15) is 5.52 Å². The summed E-state index contributed by atoms with van der Waals surface area (Å²) in [6, 6.07) is 2.15. The van der Waals surface area contributed by atoms with Crippen LogP contribution in [-0.4, -0.2) is 61.4 Å². The standard InChI is InChI=1S/C19H24N6OS/c1-13(2)25-12-21-17-8-15(9-20-18(17)25)19(26)24-6-4-23(5-7-24)10-16-11-27-14(3)22-16/h8-9,11-13H,4-7,10H2,1-3H3. The average Bonchev–Trinajstić information content (AvgIpc) is 3.27. The number of amides is 1. The van der Waals surface area contributed by atoms with Crippen molar-refractivity contribution in [2.45, 2.75) is 33.4 Å². The smallest absolute Gasteiger partial charge is 0.255 e. The number of hydrogen-bond donors (Lipinski definition) is 0. The average molecular weight is 385 g/mol. The summed E-state index contributed by atoms with van der Waals surface area (Å²) in [6.45, 7) is 10.2. The minimum absolute atomic E-state index is 0.0349. The first-order valence-corrected chi connectivity index (χ1v) is 10.1. The first-order valence-electron chi connectivity index (χ1n) is 9.26. The third kappa shape index (κ3) is 3.72. The Morgan fingerprint density at radius 2 is 2.00 bits per heavy atom. The molecular formula is C19H24N6OS. The molecule has 4 heterocycles. The van der Waals surface area contributed by atoms with Crippen LogP contribution in [0, 0.1) is 6.92 Å². The first kappa shape index (κ1) is 18.1. The summed E-state index contributed by atoms with van der Waals surface area (Å²) in [5.41, 5.74) is 3.32. The molecule has 1 saturated heterocycles. The lowest BCUT2D eigenvalue weighted by Crippen LogP contribution is -2.48. The Bertz CT molecular complexity index is 954. The molecule has 0 bridgehead atoms. The topological polar surface area (TPSA) is 67.2 Å². The van der Waals surface area contributed by atoms with Crippen molar-refractivity contribution < 1.29 is 4.79 Å². The van der Waals surface area contributed by atoms with Gasteiger partial charge in [-0.1, -0.05) is 0 Å².